The van der Waals surface area contributed by atoms with Gasteiger partial charge in [0.2, 0.25) is 5.03 Å². The van der Waals surface area contributed by atoms with Crippen molar-refractivity contribution in [3.05, 3.63) is 35.3 Å². The number of aromatic nitrogens is 3. The van der Waals surface area contributed by atoms with Gasteiger partial charge in [-0.3, -0.25) is 14.8 Å². The maximum atomic E-state index is 12.3. The zero-order chi connectivity index (χ0) is 14.0. The van der Waals surface area contributed by atoms with Gasteiger partial charge in [-0.1, -0.05) is 0 Å². The van der Waals surface area contributed by atoms with Crippen molar-refractivity contribution in [2.24, 2.45) is 5.73 Å². The molecule has 0 aromatic carbocycles. The summed E-state index contributed by atoms with van der Waals surface area (Å²) in [6.07, 6.45) is 1.59. The Morgan fingerprint density at radius 1 is 1.42 bits per heavy atom. The number of sulfonamides is 1. The van der Waals surface area contributed by atoms with Crippen molar-refractivity contribution in [2.45, 2.75) is 25.4 Å². The van der Waals surface area contributed by atoms with E-state index in [4.69, 9.17) is 5.73 Å². The van der Waals surface area contributed by atoms with Crippen LogP contribution in [0.25, 0.3) is 0 Å². The van der Waals surface area contributed by atoms with Gasteiger partial charge in [0.1, 0.15) is 0 Å². The smallest absolute Gasteiger partial charge is 0.281 e. The first kappa shape index (κ1) is 13.5. The van der Waals surface area contributed by atoms with E-state index >= 15 is 0 Å². The maximum Gasteiger partial charge on any atom is 0.281 e. The third-order valence-electron chi connectivity index (χ3n) is 2.75. The van der Waals surface area contributed by atoms with Crippen LogP contribution in [0, 0.1) is 13.8 Å². The van der Waals surface area contributed by atoms with Crippen LogP contribution in [0.4, 0.5) is 5.69 Å². The fourth-order valence-electron chi connectivity index (χ4n) is 1.68. The normalized spacial score (nSPS) is 11.5. The standard InChI is InChI=1S/C11H15N5O2S/c1-7-9(6-12)11(15-14-7)19(17,18)16-10-4-3-5-13-8(10)2/h3-5,16H,6,12H2,1-2H3,(H,14,15). The summed E-state index contributed by atoms with van der Waals surface area (Å²) >= 11 is 0. The number of pyridine rings is 1. The highest BCUT2D eigenvalue weighted by atomic mass is 32.2. The summed E-state index contributed by atoms with van der Waals surface area (Å²) in [6, 6.07) is 3.30. The van der Waals surface area contributed by atoms with Crippen molar-refractivity contribution in [3.8, 4) is 0 Å². The van der Waals surface area contributed by atoms with Crippen LogP contribution in [0.3, 0.4) is 0 Å². The first-order chi connectivity index (χ1) is 8.95. The number of nitrogens with two attached hydrogens (primary N) is 1. The van der Waals surface area contributed by atoms with Crippen LogP contribution < -0.4 is 10.5 Å². The number of aromatic amines is 1. The number of aryl methyl sites for hydroxylation is 2. The van der Waals surface area contributed by atoms with Gasteiger partial charge < -0.3 is 5.73 Å². The molecular formula is C11H15N5O2S. The molecule has 19 heavy (non-hydrogen) atoms. The van der Waals surface area contributed by atoms with Gasteiger partial charge in [0.05, 0.1) is 11.4 Å². The predicted molar refractivity (Wildman–Crippen MR) is 71.0 cm³/mol. The van der Waals surface area contributed by atoms with Crippen LogP contribution in [0.2, 0.25) is 0 Å². The number of rotatable bonds is 4. The average molecular weight is 281 g/mol. The third kappa shape index (κ3) is 2.59. The summed E-state index contributed by atoms with van der Waals surface area (Å²) in [5.74, 6) is 0. The predicted octanol–water partition coefficient (Wildman–Crippen LogP) is 0.681. The molecule has 0 amide bonds. The topological polar surface area (TPSA) is 114 Å². The minimum atomic E-state index is -3.77. The number of nitrogens with zero attached hydrogens (tertiary/aromatic N) is 2. The van der Waals surface area contributed by atoms with Gasteiger partial charge >= 0.3 is 0 Å². The second-order valence-corrected chi connectivity index (χ2v) is 5.68. The first-order valence-electron chi connectivity index (χ1n) is 5.64. The molecule has 0 radical (unpaired) electrons. The summed E-state index contributed by atoms with van der Waals surface area (Å²) in [6.45, 7) is 3.55. The number of anilines is 1. The number of hydrogen-bond acceptors (Lipinski definition) is 5. The largest absolute Gasteiger partial charge is 0.326 e. The van der Waals surface area contributed by atoms with E-state index in [0.29, 0.717) is 22.6 Å². The van der Waals surface area contributed by atoms with Gasteiger partial charge in [-0.15, -0.1) is 0 Å². The summed E-state index contributed by atoms with van der Waals surface area (Å²) in [5.41, 5.74) is 7.69. The van der Waals surface area contributed by atoms with E-state index in [1.54, 1.807) is 32.2 Å². The summed E-state index contributed by atoms with van der Waals surface area (Å²) in [4.78, 5) is 4.02. The maximum absolute atomic E-state index is 12.3. The van der Waals surface area contributed by atoms with Crippen molar-refractivity contribution in [3.63, 3.8) is 0 Å². The Bertz CT molecular complexity index is 693. The summed E-state index contributed by atoms with van der Waals surface area (Å²) in [5, 5.41) is 6.36. The van der Waals surface area contributed by atoms with E-state index in [9.17, 15) is 8.42 Å². The second kappa shape index (κ2) is 4.98. The lowest BCUT2D eigenvalue weighted by Gasteiger charge is -2.08. The van der Waals surface area contributed by atoms with Gasteiger partial charge in [-0.25, -0.2) is 0 Å². The zero-order valence-electron chi connectivity index (χ0n) is 10.6. The molecule has 0 spiro atoms. The van der Waals surface area contributed by atoms with Crippen molar-refractivity contribution in [2.75, 3.05) is 4.72 Å². The van der Waals surface area contributed by atoms with Gasteiger partial charge in [0.25, 0.3) is 10.0 Å². The molecule has 4 N–H and O–H groups in total. The molecule has 0 atom stereocenters. The molecule has 0 fully saturated rings. The molecule has 0 aliphatic carbocycles. The average Bonchev–Trinajstić information content (AvgIpc) is 2.74. The Balaban J connectivity index is 2.41. The number of hydrogen-bond donors (Lipinski definition) is 3. The molecule has 8 heteroatoms. The Labute approximate surface area is 111 Å². The monoisotopic (exact) mass is 281 g/mol. The van der Waals surface area contributed by atoms with E-state index in [1.807, 2.05) is 0 Å². The minimum absolute atomic E-state index is 0.0734. The summed E-state index contributed by atoms with van der Waals surface area (Å²) < 4.78 is 27.0. The lowest BCUT2D eigenvalue weighted by molar-refractivity contribution is 0.595. The van der Waals surface area contributed by atoms with E-state index in [1.165, 1.54) is 0 Å². The molecule has 102 valence electrons. The number of H-pyrrole nitrogens is 1. The molecule has 2 aromatic heterocycles. The lowest BCUT2D eigenvalue weighted by Crippen LogP contribution is -2.17. The lowest BCUT2D eigenvalue weighted by atomic mass is 10.3. The Morgan fingerprint density at radius 3 is 2.79 bits per heavy atom. The molecule has 2 rings (SSSR count). The first-order valence-corrected chi connectivity index (χ1v) is 7.12. The SMILES string of the molecule is Cc1ncccc1NS(=O)(=O)c1n[nH]c(C)c1CN. The van der Waals surface area contributed by atoms with Gasteiger partial charge in [-0.05, 0) is 26.0 Å². The van der Waals surface area contributed by atoms with Crippen LogP contribution in [0.1, 0.15) is 17.0 Å². The highest BCUT2D eigenvalue weighted by molar-refractivity contribution is 7.92. The second-order valence-electron chi connectivity index (χ2n) is 4.08. The van der Waals surface area contributed by atoms with Crippen LogP contribution in [0.5, 0.6) is 0 Å². The van der Waals surface area contributed by atoms with E-state index in [2.05, 4.69) is 19.9 Å². The van der Waals surface area contributed by atoms with Crippen molar-refractivity contribution >= 4 is 15.7 Å². The molecule has 0 saturated heterocycles. The van der Waals surface area contributed by atoms with Crippen LogP contribution in [0.15, 0.2) is 23.4 Å². The zero-order valence-corrected chi connectivity index (χ0v) is 11.5. The van der Waals surface area contributed by atoms with Crippen LogP contribution in [-0.4, -0.2) is 23.6 Å². The molecule has 0 aliphatic heterocycles. The third-order valence-corrected chi connectivity index (χ3v) is 4.08. The molecule has 0 aliphatic rings. The molecule has 2 heterocycles. The molecule has 0 bridgehead atoms. The fourth-order valence-corrected chi connectivity index (χ4v) is 3.01. The van der Waals surface area contributed by atoms with Gasteiger partial charge in [0, 0.05) is 24.0 Å². The molecular weight excluding hydrogens is 266 g/mol. The van der Waals surface area contributed by atoms with Crippen molar-refractivity contribution < 1.29 is 8.42 Å². The molecule has 0 saturated carbocycles. The number of nitrogens with one attached hydrogen (secondary N) is 2. The molecule has 2 aromatic rings. The Kier molecular flexibility index (Phi) is 3.54. The molecule has 0 unspecified atom stereocenters. The minimum Gasteiger partial charge on any atom is -0.326 e. The van der Waals surface area contributed by atoms with E-state index < -0.39 is 10.0 Å². The van der Waals surface area contributed by atoms with Crippen LogP contribution >= 0.6 is 0 Å². The molecule has 7 nitrogen and oxygen atoms in total. The van der Waals surface area contributed by atoms with Crippen LogP contribution in [-0.2, 0) is 16.6 Å². The Hall–Kier alpha value is -1.93. The van der Waals surface area contributed by atoms with Crippen molar-refractivity contribution in [1.82, 2.24) is 15.2 Å². The van der Waals surface area contributed by atoms with Crippen molar-refractivity contribution in [1.29, 1.82) is 0 Å². The highest BCUT2D eigenvalue weighted by Gasteiger charge is 2.23. The van der Waals surface area contributed by atoms with Gasteiger partial charge in [-0.2, -0.15) is 13.5 Å². The van der Waals surface area contributed by atoms with E-state index in [-0.39, 0.29) is 11.6 Å². The Morgan fingerprint density at radius 2 is 2.16 bits per heavy atom. The summed E-state index contributed by atoms with van der Waals surface area (Å²) in [7, 11) is -3.77. The van der Waals surface area contributed by atoms with E-state index in [0.717, 1.165) is 0 Å². The fraction of sp³-hybridized carbons (Fsp3) is 0.273. The van der Waals surface area contributed by atoms with Gasteiger partial charge in [0.15, 0.2) is 0 Å². The highest BCUT2D eigenvalue weighted by Crippen LogP contribution is 2.20. The quantitative estimate of drug-likeness (QED) is 0.762.